The molecule has 0 atom stereocenters. The van der Waals surface area contributed by atoms with Gasteiger partial charge in [-0.3, -0.25) is 0 Å². The quantitative estimate of drug-likeness (QED) is 0.629. The Morgan fingerprint density at radius 3 is 1.88 bits per heavy atom. The summed E-state index contributed by atoms with van der Waals surface area (Å²) in [5.41, 5.74) is 3.33. The number of hydrogen-bond acceptors (Lipinski definition) is 2. The summed E-state index contributed by atoms with van der Waals surface area (Å²) in [5, 5.41) is 8.46. The van der Waals surface area contributed by atoms with E-state index in [1.165, 1.54) is 5.56 Å². The third-order valence-corrected chi connectivity index (χ3v) is 2.44. The van der Waals surface area contributed by atoms with Crippen molar-refractivity contribution in [1.82, 2.24) is 0 Å². The third kappa shape index (κ3) is 2.84. The van der Waals surface area contributed by atoms with Gasteiger partial charge < -0.3 is 9.84 Å². The Bertz CT molecular complexity index is 512. The molecule has 0 bridgehead atoms. The molecule has 0 aliphatic carbocycles. The lowest BCUT2D eigenvalue weighted by molar-refractivity contribution is 0.144. The fourth-order valence-corrected chi connectivity index (χ4v) is 1.56. The van der Waals surface area contributed by atoms with Crippen LogP contribution < -0.4 is 4.74 Å². The van der Waals surface area contributed by atoms with Gasteiger partial charge in [0.05, 0.1) is 0 Å². The van der Waals surface area contributed by atoms with E-state index in [1.54, 1.807) is 12.1 Å². The fraction of sp³-hybridized carbons (Fsp3) is 0.0714. The summed E-state index contributed by atoms with van der Waals surface area (Å²) in [5.74, 6) is 0.327. The molecule has 0 unspecified atom stereocenters. The zero-order chi connectivity index (χ0) is 12.3. The molecule has 3 heteroatoms. The Labute approximate surface area is 99.3 Å². The minimum absolute atomic E-state index is 0.327. The average Bonchev–Trinajstić information content (AvgIpc) is 2.30. The molecule has 2 aromatic carbocycles. The van der Waals surface area contributed by atoms with Crippen molar-refractivity contribution in [3.05, 3.63) is 54.1 Å². The first-order chi connectivity index (χ1) is 8.15. The minimum atomic E-state index is -1.30. The number of rotatable bonds is 2. The zero-order valence-electron chi connectivity index (χ0n) is 9.38. The van der Waals surface area contributed by atoms with Gasteiger partial charge in [0.25, 0.3) is 0 Å². The van der Waals surface area contributed by atoms with Crippen molar-refractivity contribution < 1.29 is 14.6 Å². The van der Waals surface area contributed by atoms with Gasteiger partial charge >= 0.3 is 6.16 Å². The summed E-state index contributed by atoms with van der Waals surface area (Å²) < 4.78 is 4.54. The summed E-state index contributed by atoms with van der Waals surface area (Å²) in [6, 6.07) is 15.1. The van der Waals surface area contributed by atoms with Crippen LogP contribution in [0.15, 0.2) is 48.5 Å². The molecular formula is C14H12O3. The molecule has 2 aromatic rings. The van der Waals surface area contributed by atoms with Crippen LogP contribution in [-0.2, 0) is 0 Å². The first-order valence-corrected chi connectivity index (χ1v) is 5.23. The maximum Gasteiger partial charge on any atom is 0.511 e. The molecule has 0 fully saturated rings. The number of hydrogen-bond donors (Lipinski definition) is 1. The predicted octanol–water partition coefficient (Wildman–Crippen LogP) is 3.72. The second kappa shape index (κ2) is 4.70. The van der Waals surface area contributed by atoms with E-state index in [1.807, 2.05) is 43.3 Å². The van der Waals surface area contributed by atoms with Crippen LogP contribution in [0.5, 0.6) is 5.75 Å². The van der Waals surface area contributed by atoms with Gasteiger partial charge in [0.15, 0.2) is 0 Å². The maximum atomic E-state index is 10.3. The van der Waals surface area contributed by atoms with E-state index in [9.17, 15) is 4.79 Å². The number of benzene rings is 2. The fourth-order valence-electron chi connectivity index (χ4n) is 1.56. The van der Waals surface area contributed by atoms with Crippen molar-refractivity contribution in [2.75, 3.05) is 0 Å². The van der Waals surface area contributed by atoms with Crippen molar-refractivity contribution in [1.29, 1.82) is 0 Å². The summed E-state index contributed by atoms with van der Waals surface area (Å²) in [6.07, 6.45) is -1.30. The van der Waals surface area contributed by atoms with Crippen LogP contribution in [0.3, 0.4) is 0 Å². The third-order valence-electron chi connectivity index (χ3n) is 2.44. The van der Waals surface area contributed by atoms with E-state index in [-0.39, 0.29) is 0 Å². The summed E-state index contributed by atoms with van der Waals surface area (Å²) in [4.78, 5) is 10.3. The van der Waals surface area contributed by atoms with Gasteiger partial charge in [0.2, 0.25) is 0 Å². The molecule has 0 saturated heterocycles. The average molecular weight is 228 g/mol. The highest BCUT2D eigenvalue weighted by molar-refractivity contribution is 5.66. The summed E-state index contributed by atoms with van der Waals surface area (Å²) in [7, 11) is 0. The molecule has 0 aliphatic heterocycles. The number of carboxylic acid groups (broad SMARTS) is 1. The number of carbonyl (C=O) groups is 1. The molecule has 3 nitrogen and oxygen atoms in total. The van der Waals surface area contributed by atoms with Crippen LogP contribution in [-0.4, -0.2) is 11.3 Å². The van der Waals surface area contributed by atoms with Crippen molar-refractivity contribution in [3.63, 3.8) is 0 Å². The van der Waals surface area contributed by atoms with Gasteiger partial charge in [0.1, 0.15) is 5.75 Å². The van der Waals surface area contributed by atoms with Gasteiger partial charge in [-0.1, -0.05) is 42.0 Å². The number of aryl methyl sites for hydroxylation is 1. The van der Waals surface area contributed by atoms with Gasteiger partial charge in [-0.25, -0.2) is 4.79 Å². The molecule has 86 valence electrons. The Morgan fingerprint density at radius 2 is 1.41 bits per heavy atom. The smallest absolute Gasteiger partial charge is 0.449 e. The van der Waals surface area contributed by atoms with Crippen molar-refractivity contribution in [2.45, 2.75) is 6.92 Å². The molecule has 0 aromatic heterocycles. The molecule has 0 aliphatic rings. The van der Waals surface area contributed by atoms with Crippen molar-refractivity contribution >= 4 is 6.16 Å². The van der Waals surface area contributed by atoms with E-state index in [0.717, 1.165) is 11.1 Å². The standard InChI is InChI=1S/C14H12O3/c1-10-2-4-11(5-3-10)12-6-8-13(9-7-12)17-14(15)16/h2-9H,1H3,(H,15,16). The molecule has 0 saturated carbocycles. The number of ether oxygens (including phenoxy) is 1. The van der Waals surface area contributed by atoms with E-state index in [2.05, 4.69) is 4.74 Å². The van der Waals surface area contributed by atoms with Gasteiger partial charge in [-0.15, -0.1) is 0 Å². The van der Waals surface area contributed by atoms with Crippen molar-refractivity contribution in [3.8, 4) is 16.9 Å². The Hall–Kier alpha value is -2.29. The lowest BCUT2D eigenvalue weighted by Crippen LogP contribution is -2.02. The minimum Gasteiger partial charge on any atom is -0.449 e. The summed E-state index contributed by atoms with van der Waals surface area (Å²) in [6.45, 7) is 2.04. The molecule has 0 heterocycles. The van der Waals surface area contributed by atoms with E-state index >= 15 is 0 Å². The highest BCUT2D eigenvalue weighted by atomic mass is 16.7. The van der Waals surface area contributed by atoms with E-state index in [0.29, 0.717) is 5.75 Å². The second-order valence-corrected chi connectivity index (χ2v) is 3.76. The lowest BCUT2D eigenvalue weighted by atomic mass is 10.0. The molecular weight excluding hydrogens is 216 g/mol. The molecule has 2 rings (SSSR count). The molecule has 0 amide bonds. The van der Waals surface area contributed by atoms with Crippen LogP contribution in [0.2, 0.25) is 0 Å². The van der Waals surface area contributed by atoms with E-state index in [4.69, 9.17) is 5.11 Å². The Balaban J connectivity index is 2.23. The normalized spacial score (nSPS) is 9.94. The molecule has 0 spiro atoms. The Morgan fingerprint density at radius 1 is 0.941 bits per heavy atom. The van der Waals surface area contributed by atoms with Crippen LogP contribution in [0, 0.1) is 6.92 Å². The maximum absolute atomic E-state index is 10.3. The molecule has 0 radical (unpaired) electrons. The first-order valence-electron chi connectivity index (χ1n) is 5.23. The van der Waals surface area contributed by atoms with Crippen LogP contribution >= 0.6 is 0 Å². The topological polar surface area (TPSA) is 46.5 Å². The van der Waals surface area contributed by atoms with Crippen LogP contribution in [0.1, 0.15) is 5.56 Å². The van der Waals surface area contributed by atoms with E-state index < -0.39 is 6.16 Å². The largest absolute Gasteiger partial charge is 0.511 e. The van der Waals surface area contributed by atoms with Crippen LogP contribution in [0.4, 0.5) is 4.79 Å². The lowest BCUT2D eigenvalue weighted by Gasteiger charge is -2.04. The second-order valence-electron chi connectivity index (χ2n) is 3.76. The van der Waals surface area contributed by atoms with Crippen LogP contribution in [0.25, 0.3) is 11.1 Å². The van der Waals surface area contributed by atoms with Gasteiger partial charge in [-0.05, 0) is 30.2 Å². The Kier molecular flexibility index (Phi) is 3.10. The highest BCUT2D eigenvalue weighted by Gasteiger charge is 2.01. The SMILES string of the molecule is Cc1ccc(-c2ccc(OC(=O)O)cc2)cc1. The van der Waals surface area contributed by atoms with Crippen molar-refractivity contribution in [2.24, 2.45) is 0 Å². The predicted molar refractivity (Wildman–Crippen MR) is 65.3 cm³/mol. The highest BCUT2D eigenvalue weighted by Crippen LogP contribution is 2.22. The van der Waals surface area contributed by atoms with Gasteiger partial charge in [0, 0.05) is 0 Å². The molecule has 1 N–H and O–H groups in total. The van der Waals surface area contributed by atoms with Gasteiger partial charge in [-0.2, -0.15) is 0 Å². The molecule has 17 heavy (non-hydrogen) atoms. The summed E-state index contributed by atoms with van der Waals surface area (Å²) >= 11 is 0. The monoisotopic (exact) mass is 228 g/mol. The zero-order valence-corrected chi connectivity index (χ0v) is 9.38. The first kappa shape index (κ1) is 11.2.